The van der Waals surface area contributed by atoms with Crippen molar-refractivity contribution in [2.45, 2.75) is 22.6 Å². The lowest BCUT2D eigenvalue weighted by Gasteiger charge is -2.42. The van der Waals surface area contributed by atoms with Crippen LogP contribution in [0.25, 0.3) is 0 Å². The average molecular weight is 529 g/mol. The van der Waals surface area contributed by atoms with Gasteiger partial charge in [-0.1, -0.05) is 27.3 Å². The van der Waals surface area contributed by atoms with E-state index in [1.807, 2.05) is 36.4 Å². The predicted molar refractivity (Wildman–Crippen MR) is 124 cm³/mol. The molecule has 7 atom stereocenters. The number of fused-ring (bicyclic) bond motifs is 9. The number of thioether (sulfide) groups is 1. The predicted octanol–water partition coefficient (Wildman–Crippen LogP) is 4.47. The van der Waals surface area contributed by atoms with Crippen LogP contribution in [0.4, 0.5) is 5.69 Å². The minimum Gasteiger partial charge on any atom is -0.469 e. The Bertz CT molecular complexity index is 1310. The highest BCUT2D eigenvalue weighted by Gasteiger charge is 2.70. The molecule has 3 aromatic rings. The Hall–Kier alpha value is -2.10. The van der Waals surface area contributed by atoms with Crippen molar-refractivity contribution in [2.24, 2.45) is 29.6 Å². The third-order valence-corrected chi connectivity index (χ3v) is 10.8. The monoisotopic (exact) mass is 528 g/mol. The van der Waals surface area contributed by atoms with Gasteiger partial charge < -0.3 is 9.40 Å². The van der Waals surface area contributed by atoms with Crippen LogP contribution in [0, 0.1) is 29.6 Å². The summed E-state index contributed by atoms with van der Waals surface area (Å²) >= 11 is 6.35. The summed E-state index contributed by atoms with van der Waals surface area (Å²) in [5, 5.41) is 1.07. The van der Waals surface area contributed by atoms with Gasteiger partial charge in [0.2, 0.25) is 11.8 Å². The number of aromatic amines is 1. The van der Waals surface area contributed by atoms with Gasteiger partial charge in [0.15, 0.2) is 0 Å². The Labute approximate surface area is 199 Å². The fourth-order valence-corrected chi connectivity index (χ4v) is 9.78. The van der Waals surface area contributed by atoms with Gasteiger partial charge in [-0.25, -0.2) is 0 Å². The minimum atomic E-state index is -0.298. The van der Waals surface area contributed by atoms with Gasteiger partial charge in [0.05, 0.1) is 39.6 Å². The van der Waals surface area contributed by atoms with E-state index in [9.17, 15) is 14.4 Å². The zero-order chi connectivity index (χ0) is 21.7. The molecule has 2 aliphatic heterocycles. The molecular formula is C23H17BrN2O4S2. The number of nitrogens with zero attached hydrogens (tertiary/aromatic N) is 1. The molecule has 162 valence electrons. The van der Waals surface area contributed by atoms with Crippen LogP contribution < -0.4 is 9.77 Å². The van der Waals surface area contributed by atoms with Gasteiger partial charge in [-0.05, 0) is 60.6 Å². The molecule has 32 heavy (non-hydrogen) atoms. The molecule has 9 heteroatoms. The molecule has 0 radical (unpaired) electrons. The van der Waals surface area contributed by atoms with Crippen molar-refractivity contribution in [3.63, 3.8) is 0 Å². The van der Waals surface area contributed by atoms with Crippen LogP contribution in [0.3, 0.4) is 0 Å². The van der Waals surface area contributed by atoms with Crippen molar-refractivity contribution in [2.75, 3.05) is 4.90 Å². The summed E-state index contributed by atoms with van der Waals surface area (Å²) in [5.41, 5.74) is 0.638. The fourth-order valence-electron chi connectivity index (χ4n) is 6.65. The third kappa shape index (κ3) is 2.44. The number of rotatable bonds is 2. The van der Waals surface area contributed by atoms with Gasteiger partial charge >= 0.3 is 4.87 Å². The van der Waals surface area contributed by atoms with Gasteiger partial charge in [-0.2, -0.15) is 0 Å². The quantitative estimate of drug-likeness (QED) is 0.496. The molecule has 2 bridgehead atoms. The number of halogens is 1. The van der Waals surface area contributed by atoms with Crippen LogP contribution in [-0.4, -0.2) is 22.0 Å². The first-order chi connectivity index (χ1) is 15.5. The van der Waals surface area contributed by atoms with Crippen molar-refractivity contribution in [1.82, 2.24) is 4.98 Å². The molecule has 5 unspecified atom stereocenters. The number of anilines is 1. The lowest BCUT2D eigenvalue weighted by Crippen LogP contribution is -2.42. The number of hydrogen-bond acceptors (Lipinski definition) is 6. The zero-order valence-corrected chi connectivity index (χ0v) is 19.8. The zero-order valence-electron chi connectivity index (χ0n) is 16.6. The first-order valence-electron chi connectivity index (χ1n) is 10.6. The van der Waals surface area contributed by atoms with Crippen LogP contribution >= 0.6 is 39.0 Å². The van der Waals surface area contributed by atoms with E-state index >= 15 is 0 Å². The fraction of sp³-hybridized carbons (Fsp3) is 0.348. The van der Waals surface area contributed by atoms with E-state index < -0.39 is 0 Å². The second-order valence-electron chi connectivity index (χ2n) is 8.96. The number of benzene rings is 1. The van der Waals surface area contributed by atoms with Crippen LogP contribution in [0.2, 0.25) is 0 Å². The number of H-pyrrole nitrogens is 1. The summed E-state index contributed by atoms with van der Waals surface area (Å²) in [5.74, 6) is 0.418. The van der Waals surface area contributed by atoms with Gasteiger partial charge in [-0.3, -0.25) is 19.3 Å². The smallest absolute Gasteiger partial charge is 0.305 e. The van der Waals surface area contributed by atoms with Crippen molar-refractivity contribution >= 4 is 56.5 Å². The topological polar surface area (TPSA) is 83.4 Å². The number of thiazole rings is 1. The summed E-state index contributed by atoms with van der Waals surface area (Å²) in [4.78, 5) is 44.6. The Balaban J connectivity index is 1.32. The Morgan fingerprint density at radius 1 is 1.03 bits per heavy atom. The summed E-state index contributed by atoms with van der Waals surface area (Å²) in [7, 11) is 0. The van der Waals surface area contributed by atoms with E-state index in [0.717, 1.165) is 26.6 Å². The third-order valence-electron chi connectivity index (χ3n) is 7.66. The number of hydrogen-bond donors (Lipinski definition) is 1. The first kappa shape index (κ1) is 19.4. The highest BCUT2D eigenvalue weighted by Crippen LogP contribution is 2.68. The van der Waals surface area contributed by atoms with Crippen LogP contribution in [0.1, 0.15) is 23.0 Å². The van der Waals surface area contributed by atoms with Crippen molar-refractivity contribution in [1.29, 1.82) is 0 Å². The summed E-state index contributed by atoms with van der Waals surface area (Å²) in [6.45, 7) is 0. The van der Waals surface area contributed by atoms with Crippen molar-refractivity contribution < 1.29 is 14.0 Å². The number of carbonyl (C=O) groups excluding carboxylic acids is 2. The average Bonchev–Trinajstić information content (AvgIpc) is 3.57. The van der Waals surface area contributed by atoms with Crippen LogP contribution in [0.15, 0.2) is 61.4 Å². The molecule has 4 heterocycles. The highest BCUT2D eigenvalue weighted by atomic mass is 79.9. The number of aromatic nitrogens is 1. The molecule has 2 aliphatic carbocycles. The number of amides is 2. The second-order valence-corrected chi connectivity index (χ2v) is 12.1. The molecule has 1 N–H and O–H groups in total. The maximum absolute atomic E-state index is 13.6. The SMILES string of the molecule is O=C1C2C(C(=O)N1c1ccc(Br)cc1)[C@@H]1C[C@H]2C2Sc3[nH]c(=O)sc3C(c3ccco3)C21. The van der Waals surface area contributed by atoms with Crippen molar-refractivity contribution in [3.05, 3.63) is 67.4 Å². The highest BCUT2D eigenvalue weighted by molar-refractivity contribution is 9.10. The summed E-state index contributed by atoms with van der Waals surface area (Å²) < 4.78 is 6.74. The van der Waals surface area contributed by atoms with Gasteiger partial charge in [0.1, 0.15) is 5.76 Å². The molecule has 7 rings (SSSR count). The van der Waals surface area contributed by atoms with Crippen molar-refractivity contribution in [3.8, 4) is 0 Å². The lowest BCUT2D eigenvalue weighted by molar-refractivity contribution is -0.123. The number of imide groups is 1. The maximum atomic E-state index is 13.6. The Morgan fingerprint density at radius 3 is 2.50 bits per heavy atom. The molecule has 2 saturated carbocycles. The van der Waals surface area contributed by atoms with Gasteiger partial charge in [-0.15, -0.1) is 11.8 Å². The molecule has 0 spiro atoms. The van der Waals surface area contributed by atoms with Crippen LogP contribution in [0.5, 0.6) is 0 Å². The van der Waals surface area contributed by atoms with Gasteiger partial charge in [0.25, 0.3) is 0 Å². The number of carbonyl (C=O) groups is 2. The molecule has 1 saturated heterocycles. The molecular weight excluding hydrogens is 512 g/mol. The van der Waals surface area contributed by atoms with Crippen LogP contribution in [-0.2, 0) is 9.59 Å². The molecule has 1 aromatic carbocycles. The van der Waals surface area contributed by atoms with E-state index in [2.05, 4.69) is 20.9 Å². The number of furan rings is 1. The minimum absolute atomic E-state index is 0.0595. The first-order valence-corrected chi connectivity index (χ1v) is 13.1. The molecule has 2 amide bonds. The normalized spacial score (nSPS) is 34.7. The number of nitrogens with one attached hydrogen (secondary N) is 1. The van der Waals surface area contributed by atoms with Gasteiger partial charge in [0, 0.05) is 9.72 Å². The largest absolute Gasteiger partial charge is 0.469 e. The Morgan fingerprint density at radius 2 is 1.78 bits per heavy atom. The molecule has 3 fully saturated rings. The molecule has 6 nitrogen and oxygen atoms in total. The van der Waals surface area contributed by atoms with E-state index in [1.165, 1.54) is 16.2 Å². The summed E-state index contributed by atoms with van der Waals surface area (Å²) in [6.07, 6.45) is 2.54. The van der Waals surface area contributed by atoms with E-state index in [1.54, 1.807) is 18.0 Å². The second kappa shape index (κ2) is 6.71. The van der Waals surface area contributed by atoms with E-state index in [4.69, 9.17) is 4.42 Å². The molecule has 4 aliphatic rings. The standard InChI is InChI=1S/C23H17BrN2O4S2/c24-9-3-5-10(6-4-9)26-21(27)15-11-8-12(16(15)22(26)28)18-14(11)17(13-2-1-7-30-13)19-20(31-18)25-23(29)32-19/h1-7,11-12,14-18H,8H2,(H,25,29)/t11-,12-,14?,15?,16?,17?,18?/m1/s1. The Kier molecular flexibility index (Phi) is 4.06. The lowest BCUT2D eigenvalue weighted by atomic mass is 9.69. The van der Waals surface area contributed by atoms with E-state index in [0.29, 0.717) is 5.69 Å². The van der Waals surface area contributed by atoms with E-state index in [-0.39, 0.29) is 57.4 Å². The molecule has 2 aromatic heterocycles. The summed E-state index contributed by atoms with van der Waals surface area (Å²) in [6, 6.07) is 11.2. The maximum Gasteiger partial charge on any atom is 0.305 e.